The second-order valence-electron chi connectivity index (χ2n) is 7.14. The zero-order valence-corrected chi connectivity index (χ0v) is 20.4. The number of hydrogen-bond donors (Lipinski definition) is 0. The molecule has 1 aliphatic rings. The van der Waals surface area contributed by atoms with E-state index < -0.39 is 0 Å². The molecule has 1 unspecified atom stereocenters. The van der Waals surface area contributed by atoms with Gasteiger partial charge < -0.3 is 0 Å². The predicted molar refractivity (Wildman–Crippen MR) is 139 cm³/mol. The van der Waals surface area contributed by atoms with E-state index in [4.69, 9.17) is 0 Å². The molecule has 0 fully saturated rings. The van der Waals surface area contributed by atoms with Crippen molar-refractivity contribution in [3.05, 3.63) is 119 Å². The van der Waals surface area contributed by atoms with Gasteiger partial charge in [-0.1, -0.05) is 138 Å². The minimum absolute atomic E-state index is 0.101. The normalized spacial score (nSPS) is 15.6. The molecule has 0 saturated carbocycles. The molecule has 0 saturated heterocycles. The van der Waals surface area contributed by atoms with Crippen LogP contribution in [0, 0.1) is 6.92 Å². The van der Waals surface area contributed by atoms with Crippen molar-refractivity contribution >= 4 is 10.8 Å². The third-order valence-electron chi connectivity index (χ3n) is 5.68. The van der Waals surface area contributed by atoms with Gasteiger partial charge in [0, 0.05) is 5.41 Å². The van der Waals surface area contributed by atoms with Gasteiger partial charge in [-0.05, 0) is 46.4 Å². The Morgan fingerprint density at radius 3 is 1.81 bits per heavy atom. The lowest BCUT2D eigenvalue weighted by Gasteiger charge is -2.32. The van der Waals surface area contributed by atoms with Gasteiger partial charge in [0.1, 0.15) is 0 Å². The lowest BCUT2D eigenvalue weighted by atomic mass is 9.69. The highest BCUT2D eigenvalue weighted by Gasteiger charge is 2.42. The largest absolute Gasteiger partial charge is 0.0683 e. The van der Waals surface area contributed by atoms with Crippen molar-refractivity contribution in [1.29, 1.82) is 0 Å². The molecule has 0 aliphatic heterocycles. The van der Waals surface area contributed by atoms with Crippen LogP contribution in [0.15, 0.2) is 91.0 Å². The first-order valence-corrected chi connectivity index (χ1v) is 11.9. The Morgan fingerprint density at radius 2 is 1.16 bits per heavy atom. The molecule has 5 rings (SSSR count). The molecule has 31 heavy (non-hydrogen) atoms. The van der Waals surface area contributed by atoms with Gasteiger partial charge in [0.25, 0.3) is 0 Å². The third-order valence-corrected chi connectivity index (χ3v) is 5.68. The van der Waals surface area contributed by atoms with Crippen LogP contribution in [0.2, 0.25) is 0 Å². The second kappa shape index (κ2) is 11.5. The molecule has 4 aromatic carbocycles. The van der Waals surface area contributed by atoms with Gasteiger partial charge in [0.15, 0.2) is 0 Å². The summed E-state index contributed by atoms with van der Waals surface area (Å²) in [5, 5.41) is 2.79. The maximum absolute atomic E-state index is 2.36. The van der Waals surface area contributed by atoms with E-state index in [9.17, 15) is 0 Å². The second-order valence-corrected chi connectivity index (χ2v) is 7.14. The van der Waals surface area contributed by atoms with Crippen molar-refractivity contribution in [2.24, 2.45) is 0 Å². The minimum atomic E-state index is -0.101. The van der Waals surface area contributed by atoms with Gasteiger partial charge in [0.05, 0.1) is 0 Å². The summed E-state index contributed by atoms with van der Waals surface area (Å²) in [5.74, 6) is 0. The van der Waals surface area contributed by atoms with Crippen LogP contribution in [0.4, 0.5) is 0 Å². The Labute approximate surface area is 190 Å². The molecule has 0 bridgehead atoms. The highest BCUT2D eigenvalue weighted by atomic mass is 14.4. The fourth-order valence-electron chi connectivity index (χ4n) is 4.62. The average Bonchev–Trinajstić information content (AvgIpc) is 3.21. The highest BCUT2D eigenvalue weighted by molar-refractivity contribution is 5.94. The van der Waals surface area contributed by atoms with Crippen LogP contribution in [-0.2, 0) is 11.8 Å². The van der Waals surface area contributed by atoms with Gasteiger partial charge in [-0.2, -0.15) is 0 Å². The molecular formula is C31H38. The van der Waals surface area contributed by atoms with Crippen LogP contribution in [0.25, 0.3) is 10.8 Å². The topological polar surface area (TPSA) is 0 Å². The summed E-state index contributed by atoms with van der Waals surface area (Å²) in [4.78, 5) is 0. The van der Waals surface area contributed by atoms with Crippen molar-refractivity contribution in [2.45, 2.75) is 60.3 Å². The minimum Gasteiger partial charge on any atom is -0.0683 e. The van der Waals surface area contributed by atoms with E-state index in [0.717, 1.165) is 6.42 Å². The van der Waals surface area contributed by atoms with Crippen molar-refractivity contribution in [2.75, 3.05) is 0 Å². The fraction of sp³-hybridized carbons (Fsp3) is 0.290. The predicted octanol–water partition coefficient (Wildman–Crippen LogP) is 9.12. The van der Waals surface area contributed by atoms with E-state index in [2.05, 4.69) is 97.9 Å². The Bertz CT molecular complexity index is 1070. The summed E-state index contributed by atoms with van der Waals surface area (Å²) in [6.07, 6.45) is 1.02. The van der Waals surface area contributed by atoms with Gasteiger partial charge in [-0.15, -0.1) is 0 Å². The van der Waals surface area contributed by atoms with E-state index in [-0.39, 0.29) is 5.41 Å². The van der Waals surface area contributed by atoms with E-state index in [0.29, 0.717) is 0 Å². The molecule has 0 radical (unpaired) electrons. The standard InChI is InChI=1S/C25H20.3C2H6/c1-18-8-5-14-22(16-18)25(21-12-3-2-4-13-21)17-20-11-6-9-19-10-7-15-23(25)24(19)20;3*1-2/h2-16H,17H2,1H3;3*1-2H3. The first kappa shape index (κ1) is 24.4. The average molecular weight is 411 g/mol. The van der Waals surface area contributed by atoms with Crippen LogP contribution in [0.1, 0.15) is 69.4 Å². The SMILES string of the molecule is CC.CC.CC.Cc1cccc(C2(c3ccccc3)Cc3cccc4cccc2c34)c1. The lowest BCUT2D eigenvalue weighted by Crippen LogP contribution is -2.28. The van der Waals surface area contributed by atoms with E-state index in [1.165, 1.54) is 38.6 Å². The molecule has 162 valence electrons. The fourth-order valence-corrected chi connectivity index (χ4v) is 4.62. The van der Waals surface area contributed by atoms with Gasteiger partial charge >= 0.3 is 0 Å². The van der Waals surface area contributed by atoms with Crippen molar-refractivity contribution in [3.8, 4) is 0 Å². The van der Waals surface area contributed by atoms with Crippen LogP contribution in [0.5, 0.6) is 0 Å². The number of benzene rings is 4. The van der Waals surface area contributed by atoms with Crippen molar-refractivity contribution in [1.82, 2.24) is 0 Å². The van der Waals surface area contributed by atoms with Crippen LogP contribution in [0.3, 0.4) is 0 Å². The maximum Gasteiger partial charge on any atom is 0.0498 e. The third kappa shape index (κ3) is 4.44. The molecule has 0 spiro atoms. The van der Waals surface area contributed by atoms with Crippen LogP contribution in [-0.4, -0.2) is 0 Å². The molecule has 0 heterocycles. The van der Waals surface area contributed by atoms with E-state index >= 15 is 0 Å². The molecule has 1 atom stereocenters. The van der Waals surface area contributed by atoms with Gasteiger partial charge in [0.2, 0.25) is 0 Å². The Kier molecular flexibility index (Phi) is 9.06. The maximum atomic E-state index is 2.36. The van der Waals surface area contributed by atoms with Crippen LogP contribution < -0.4 is 0 Å². The first-order valence-electron chi connectivity index (χ1n) is 11.9. The highest BCUT2D eigenvalue weighted by Crippen LogP contribution is 2.50. The molecule has 0 amide bonds. The lowest BCUT2D eigenvalue weighted by molar-refractivity contribution is 0.641. The molecule has 0 N–H and O–H groups in total. The molecular weight excluding hydrogens is 372 g/mol. The molecule has 1 aliphatic carbocycles. The molecule has 0 nitrogen and oxygen atoms in total. The monoisotopic (exact) mass is 410 g/mol. The quantitative estimate of drug-likeness (QED) is 0.309. The summed E-state index contributed by atoms with van der Waals surface area (Å²) >= 11 is 0. The number of rotatable bonds is 2. The first-order chi connectivity index (χ1) is 15.3. The summed E-state index contributed by atoms with van der Waals surface area (Å²) in [5.41, 5.74) is 6.88. The van der Waals surface area contributed by atoms with Crippen molar-refractivity contribution in [3.63, 3.8) is 0 Å². The van der Waals surface area contributed by atoms with Gasteiger partial charge in [-0.3, -0.25) is 0 Å². The summed E-state index contributed by atoms with van der Waals surface area (Å²) in [7, 11) is 0. The van der Waals surface area contributed by atoms with Crippen molar-refractivity contribution < 1.29 is 0 Å². The molecule has 0 heteroatoms. The zero-order valence-electron chi connectivity index (χ0n) is 20.4. The summed E-state index contributed by atoms with van der Waals surface area (Å²) in [6, 6.07) is 33.5. The Balaban J connectivity index is 0.000000527. The smallest absolute Gasteiger partial charge is 0.0498 e. The molecule has 4 aromatic rings. The zero-order chi connectivity index (χ0) is 22.9. The van der Waals surface area contributed by atoms with Crippen LogP contribution >= 0.6 is 0 Å². The molecule has 0 aromatic heterocycles. The Hall–Kier alpha value is -2.86. The summed E-state index contributed by atoms with van der Waals surface area (Å²) < 4.78 is 0. The van der Waals surface area contributed by atoms with E-state index in [1.54, 1.807) is 0 Å². The number of aryl methyl sites for hydroxylation is 1. The summed E-state index contributed by atoms with van der Waals surface area (Å²) in [6.45, 7) is 14.2. The number of hydrogen-bond acceptors (Lipinski definition) is 0. The van der Waals surface area contributed by atoms with Gasteiger partial charge in [-0.25, -0.2) is 0 Å². The van der Waals surface area contributed by atoms with E-state index in [1.807, 2.05) is 41.5 Å². The Morgan fingerprint density at radius 1 is 0.581 bits per heavy atom.